The van der Waals surface area contributed by atoms with Crippen molar-refractivity contribution >= 4 is 23.2 Å². The van der Waals surface area contributed by atoms with Gasteiger partial charge in [0.1, 0.15) is 12.2 Å². The van der Waals surface area contributed by atoms with Crippen molar-refractivity contribution in [1.29, 1.82) is 0 Å². The van der Waals surface area contributed by atoms with Crippen molar-refractivity contribution in [2.24, 2.45) is 0 Å². The Bertz CT molecular complexity index is 357. The van der Waals surface area contributed by atoms with E-state index >= 15 is 0 Å². The molecule has 0 aromatic rings. The molecule has 0 aromatic heterocycles. The molecule has 1 amide bonds. The van der Waals surface area contributed by atoms with E-state index in [1.807, 2.05) is 4.90 Å². The summed E-state index contributed by atoms with van der Waals surface area (Å²) in [5, 5.41) is 5.46. The molecular formula is C10H18N4OS. The molecule has 0 aromatic carbocycles. The van der Waals surface area contributed by atoms with Gasteiger partial charge in [0.2, 0.25) is 0 Å². The van der Waals surface area contributed by atoms with Crippen molar-refractivity contribution in [2.45, 2.75) is 38.4 Å². The Balaban J connectivity index is 2.30. The van der Waals surface area contributed by atoms with E-state index in [-0.39, 0.29) is 17.1 Å². The maximum atomic E-state index is 11.6. The minimum atomic E-state index is -0.283. The van der Waals surface area contributed by atoms with Crippen molar-refractivity contribution in [3.8, 4) is 0 Å². The highest BCUT2D eigenvalue weighted by atomic mass is 32.1. The molecule has 0 saturated carbocycles. The molecule has 90 valence electrons. The van der Waals surface area contributed by atoms with Gasteiger partial charge in [0.25, 0.3) is 5.91 Å². The zero-order valence-electron chi connectivity index (χ0n) is 10.1. The van der Waals surface area contributed by atoms with E-state index in [1.54, 1.807) is 12.1 Å². The third-order valence-corrected chi connectivity index (χ3v) is 3.47. The van der Waals surface area contributed by atoms with Crippen LogP contribution in [0.25, 0.3) is 0 Å². The number of rotatable bonds is 0. The smallest absolute Gasteiger partial charge is 0.256 e. The SMILES string of the molecule is CN1NC2(C)CC(C)(C)NC(=S)N2CC1=O. The van der Waals surface area contributed by atoms with E-state index < -0.39 is 0 Å². The lowest BCUT2D eigenvalue weighted by Gasteiger charge is -2.56. The van der Waals surface area contributed by atoms with Gasteiger partial charge in [-0.25, -0.2) is 5.43 Å². The average molecular weight is 242 g/mol. The Morgan fingerprint density at radius 3 is 2.62 bits per heavy atom. The summed E-state index contributed by atoms with van der Waals surface area (Å²) >= 11 is 5.32. The lowest BCUT2D eigenvalue weighted by molar-refractivity contribution is -0.148. The van der Waals surface area contributed by atoms with Crippen LogP contribution in [-0.2, 0) is 4.79 Å². The number of fused-ring (bicyclic) bond motifs is 1. The maximum Gasteiger partial charge on any atom is 0.256 e. The van der Waals surface area contributed by atoms with Crippen LogP contribution in [0.1, 0.15) is 27.2 Å². The Kier molecular flexibility index (Phi) is 2.40. The van der Waals surface area contributed by atoms with Gasteiger partial charge in [-0.2, -0.15) is 0 Å². The van der Waals surface area contributed by atoms with Crippen molar-refractivity contribution in [2.75, 3.05) is 13.6 Å². The van der Waals surface area contributed by atoms with Crippen molar-refractivity contribution in [3.63, 3.8) is 0 Å². The number of nitrogens with one attached hydrogen (secondary N) is 2. The molecule has 2 aliphatic heterocycles. The molecule has 2 aliphatic rings. The predicted octanol–water partition coefficient (Wildman–Crippen LogP) is 0.0380. The Hall–Kier alpha value is -0.880. The van der Waals surface area contributed by atoms with Gasteiger partial charge in [0.15, 0.2) is 5.11 Å². The second-order valence-corrected chi connectivity index (χ2v) is 5.80. The summed E-state index contributed by atoms with van der Waals surface area (Å²) in [6, 6.07) is 0. The zero-order chi connectivity index (χ0) is 12.1. The van der Waals surface area contributed by atoms with Gasteiger partial charge >= 0.3 is 0 Å². The Morgan fingerprint density at radius 1 is 1.38 bits per heavy atom. The molecule has 2 heterocycles. The van der Waals surface area contributed by atoms with Gasteiger partial charge in [-0.1, -0.05) is 0 Å². The molecule has 5 nitrogen and oxygen atoms in total. The summed E-state index contributed by atoms with van der Waals surface area (Å²) in [6.45, 7) is 6.63. The molecule has 2 N–H and O–H groups in total. The molecule has 1 atom stereocenters. The zero-order valence-corrected chi connectivity index (χ0v) is 10.9. The summed E-state index contributed by atoms with van der Waals surface area (Å²) in [5.41, 5.74) is 2.87. The van der Waals surface area contributed by atoms with Gasteiger partial charge in [0.05, 0.1) is 0 Å². The van der Waals surface area contributed by atoms with Crippen molar-refractivity contribution in [3.05, 3.63) is 0 Å². The highest BCUT2D eigenvalue weighted by Crippen LogP contribution is 2.31. The number of likely N-dealkylation sites (N-methyl/N-ethyl adjacent to an activating group) is 1. The summed E-state index contributed by atoms with van der Waals surface area (Å²) in [7, 11) is 1.75. The monoisotopic (exact) mass is 242 g/mol. The van der Waals surface area contributed by atoms with Gasteiger partial charge < -0.3 is 10.2 Å². The minimum Gasteiger partial charge on any atom is -0.357 e. The lowest BCUT2D eigenvalue weighted by Crippen LogP contribution is -2.77. The summed E-state index contributed by atoms with van der Waals surface area (Å²) in [6.07, 6.45) is 0.873. The van der Waals surface area contributed by atoms with Crippen LogP contribution in [0.5, 0.6) is 0 Å². The number of amides is 1. The normalized spacial score (nSPS) is 33.5. The van der Waals surface area contributed by atoms with Crippen LogP contribution >= 0.6 is 12.2 Å². The third kappa shape index (κ3) is 1.76. The number of nitrogens with zero attached hydrogens (tertiary/aromatic N) is 2. The van der Waals surface area contributed by atoms with Gasteiger partial charge in [-0.05, 0) is 33.0 Å². The number of carbonyl (C=O) groups excluding carboxylic acids is 1. The largest absolute Gasteiger partial charge is 0.357 e. The number of hydrogen-bond acceptors (Lipinski definition) is 3. The molecule has 1 unspecified atom stereocenters. The number of hydrogen-bond donors (Lipinski definition) is 2. The van der Waals surface area contributed by atoms with Crippen LogP contribution in [-0.4, -0.2) is 45.7 Å². The first-order chi connectivity index (χ1) is 7.23. The molecule has 2 rings (SSSR count). The first-order valence-corrected chi connectivity index (χ1v) is 5.79. The van der Waals surface area contributed by atoms with Crippen LogP contribution in [0.3, 0.4) is 0 Å². The molecular weight excluding hydrogens is 224 g/mol. The van der Waals surface area contributed by atoms with Crippen LogP contribution in [0.15, 0.2) is 0 Å². The van der Waals surface area contributed by atoms with Gasteiger partial charge in [-0.15, -0.1) is 0 Å². The molecule has 2 fully saturated rings. The fourth-order valence-corrected chi connectivity index (χ4v) is 3.13. The number of carbonyl (C=O) groups is 1. The Labute approximate surface area is 101 Å². The van der Waals surface area contributed by atoms with Crippen LogP contribution < -0.4 is 10.7 Å². The third-order valence-electron chi connectivity index (χ3n) is 3.15. The summed E-state index contributed by atoms with van der Waals surface area (Å²) in [4.78, 5) is 13.6. The maximum absolute atomic E-state index is 11.6. The van der Waals surface area contributed by atoms with Gasteiger partial charge in [0, 0.05) is 19.0 Å². The molecule has 0 bridgehead atoms. The van der Waals surface area contributed by atoms with E-state index in [0.717, 1.165) is 6.42 Å². The lowest BCUT2D eigenvalue weighted by atomic mass is 9.88. The average Bonchev–Trinajstić information content (AvgIpc) is 2.06. The van der Waals surface area contributed by atoms with Crippen LogP contribution in [0.4, 0.5) is 0 Å². The molecule has 0 spiro atoms. The standard InChI is InChI=1S/C10H18N4OS/c1-9(2)6-10(3)12-13(4)7(15)5-14(10)8(16)11-9/h12H,5-6H2,1-4H3,(H,11,16). The molecule has 2 saturated heterocycles. The molecule has 0 aliphatic carbocycles. The van der Waals surface area contributed by atoms with Crippen molar-refractivity contribution < 1.29 is 4.79 Å². The summed E-state index contributed by atoms with van der Waals surface area (Å²) < 4.78 is 0. The van der Waals surface area contributed by atoms with Crippen LogP contribution in [0, 0.1) is 0 Å². The van der Waals surface area contributed by atoms with Crippen LogP contribution in [0.2, 0.25) is 0 Å². The van der Waals surface area contributed by atoms with E-state index in [2.05, 4.69) is 31.5 Å². The van der Waals surface area contributed by atoms with E-state index in [9.17, 15) is 4.79 Å². The summed E-state index contributed by atoms with van der Waals surface area (Å²) in [5.74, 6) is 0.0290. The topological polar surface area (TPSA) is 47.6 Å². The molecule has 0 radical (unpaired) electrons. The molecule has 16 heavy (non-hydrogen) atoms. The first-order valence-electron chi connectivity index (χ1n) is 5.38. The second kappa shape index (κ2) is 3.30. The quantitative estimate of drug-likeness (QED) is 0.587. The van der Waals surface area contributed by atoms with E-state index in [0.29, 0.717) is 11.7 Å². The highest BCUT2D eigenvalue weighted by Gasteiger charge is 2.48. The number of hydrazine groups is 1. The van der Waals surface area contributed by atoms with E-state index in [4.69, 9.17) is 12.2 Å². The molecule has 6 heteroatoms. The number of thiocarbonyl (C=S) groups is 1. The first kappa shape index (κ1) is 11.6. The Morgan fingerprint density at radius 2 is 2.00 bits per heavy atom. The fourth-order valence-electron chi connectivity index (χ4n) is 2.59. The second-order valence-electron chi connectivity index (χ2n) is 5.42. The predicted molar refractivity (Wildman–Crippen MR) is 65.4 cm³/mol. The van der Waals surface area contributed by atoms with E-state index in [1.165, 1.54) is 0 Å². The van der Waals surface area contributed by atoms with Gasteiger partial charge in [-0.3, -0.25) is 9.80 Å². The van der Waals surface area contributed by atoms with Crippen molar-refractivity contribution in [1.82, 2.24) is 20.7 Å². The minimum absolute atomic E-state index is 0.0290. The fraction of sp³-hybridized carbons (Fsp3) is 0.800. The highest BCUT2D eigenvalue weighted by molar-refractivity contribution is 7.80.